The fourth-order valence-corrected chi connectivity index (χ4v) is 2.29. The van der Waals surface area contributed by atoms with Crippen molar-refractivity contribution >= 4 is 33.5 Å². The smallest absolute Gasteiger partial charge is 0.241 e. The third kappa shape index (κ3) is 3.00. The van der Waals surface area contributed by atoms with Crippen LogP contribution in [0.25, 0.3) is 5.95 Å². The number of aromatic nitrogens is 5. The number of anilines is 3. The van der Waals surface area contributed by atoms with E-state index >= 15 is 0 Å². The van der Waals surface area contributed by atoms with Crippen molar-refractivity contribution in [3.8, 4) is 5.95 Å². The van der Waals surface area contributed by atoms with E-state index in [1.54, 1.807) is 23.3 Å². The van der Waals surface area contributed by atoms with E-state index in [2.05, 4.69) is 41.2 Å². The normalized spacial score (nSPS) is 10.6. The largest absolute Gasteiger partial charge is 0.368 e. The van der Waals surface area contributed by atoms with Crippen molar-refractivity contribution in [2.45, 2.75) is 6.92 Å². The van der Waals surface area contributed by atoms with Crippen molar-refractivity contribution in [2.75, 3.05) is 11.1 Å². The maximum absolute atomic E-state index is 5.74. The lowest BCUT2D eigenvalue weighted by molar-refractivity contribution is 0.906. The van der Waals surface area contributed by atoms with Gasteiger partial charge in [0.1, 0.15) is 6.33 Å². The molecule has 0 aliphatic carbocycles. The second kappa shape index (κ2) is 5.49. The van der Waals surface area contributed by atoms with E-state index in [9.17, 15) is 0 Å². The first-order valence-electron chi connectivity index (χ1n) is 6.15. The molecule has 7 nitrogen and oxygen atoms in total. The maximum Gasteiger partial charge on any atom is 0.241 e. The Hall–Kier alpha value is -2.48. The first-order valence-corrected chi connectivity index (χ1v) is 6.94. The molecule has 0 aliphatic rings. The first-order chi connectivity index (χ1) is 10.1. The van der Waals surface area contributed by atoms with E-state index in [1.165, 1.54) is 0 Å². The first kappa shape index (κ1) is 13.5. The Kier molecular flexibility index (Phi) is 3.53. The van der Waals surface area contributed by atoms with Crippen molar-refractivity contribution in [2.24, 2.45) is 0 Å². The molecule has 0 unspecified atom stereocenters. The summed E-state index contributed by atoms with van der Waals surface area (Å²) in [5.41, 5.74) is 7.70. The highest BCUT2D eigenvalue weighted by Crippen LogP contribution is 2.22. The third-order valence-corrected chi connectivity index (χ3v) is 3.30. The van der Waals surface area contributed by atoms with Gasteiger partial charge in [-0.3, -0.25) is 4.57 Å². The summed E-state index contributed by atoms with van der Waals surface area (Å²) >= 11 is 3.43. The molecule has 0 fully saturated rings. The van der Waals surface area contributed by atoms with Crippen LogP contribution in [0.1, 0.15) is 5.56 Å². The minimum Gasteiger partial charge on any atom is -0.368 e. The number of aryl methyl sites for hydroxylation is 1. The van der Waals surface area contributed by atoms with Gasteiger partial charge in [0.05, 0.1) is 0 Å². The second-order valence-electron chi connectivity index (χ2n) is 4.37. The van der Waals surface area contributed by atoms with E-state index in [0.717, 1.165) is 15.7 Å². The van der Waals surface area contributed by atoms with Gasteiger partial charge in [0, 0.05) is 22.6 Å². The Morgan fingerprint density at radius 3 is 2.81 bits per heavy atom. The van der Waals surface area contributed by atoms with Gasteiger partial charge in [-0.2, -0.15) is 15.0 Å². The summed E-state index contributed by atoms with van der Waals surface area (Å²) in [5, 5.41) is 3.15. The lowest BCUT2D eigenvalue weighted by atomic mass is 10.2. The van der Waals surface area contributed by atoms with Crippen LogP contribution in [0.15, 0.2) is 41.4 Å². The quantitative estimate of drug-likeness (QED) is 0.757. The van der Waals surface area contributed by atoms with Gasteiger partial charge >= 0.3 is 0 Å². The summed E-state index contributed by atoms with van der Waals surface area (Å²) in [4.78, 5) is 16.5. The number of benzene rings is 1. The van der Waals surface area contributed by atoms with E-state index < -0.39 is 0 Å². The molecule has 21 heavy (non-hydrogen) atoms. The molecule has 3 rings (SSSR count). The van der Waals surface area contributed by atoms with E-state index in [0.29, 0.717) is 11.9 Å². The number of rotatable bonds is 3. The van der Waals surface area contributed by atoms with E-state index in [4.69, 9.17) is 5.73 Å². The number of hydrogen-bond acceptors (Lipinski definition) is 6. The number of nitrogens with two attached hydrogens (primary N) is 1. The summed E-state index contributed by atoms with van der Waals surface area (Å²) in [6.45, 7) is 1.99. The SMILES string of the molecule is Cc1cc(Br)ccc1Nc1nc(N)nc(-n2ccnc2)n1. The van der Waals surface area contributed by atoms with Crippen LogP contribution in [0.5, 0.6) is 0 Å². The summed E-state index contributed by atoms with van der Waals surface area (Å²) in [6, 6.07) is 5.89. The molecule has 8 heteroatoms. The van der Waals surface area contributed by atoms with Gasteiger partial charge in [0.15, 0.2) is 0 Å². The second-order valence-corrected chi connectivity index (χ2v) is 5.29. The van der Waals surface area contributed by atoms with Crippen LogP contribution in [0.3, 0.4) is 0 Å². The Morgan fingerprint density at radius 1 is 1.24 bits per heavy atom. The molecule has 1 aromatic carbocycles. The van der Waals surface area contributed by atoms with Crippen molar-refractivity contribution < 1.29 is 0 Å². The van der Waals surface area contributed by atoms with Gasteiger partial charge < -0.3 is 11.1 Å². The van der Waals surface area contributed by atoms with Gasteiger partial charge in [-0.05, 0) is 30.7 Å². The number of nitrogens with one attached hydrogen (secondary N) is 1. The van der Waals surface area contributed by atoms with Crippen LogP contribution in [-0.4, -0.2) is 24.5 Å². The molecule has 0 spiro atoms. The van der Waals surface area contributed by atoms with Crippen molar-refractivity contribution in [1.29, 1.82) is 0 Å². The molecule has 3 aromatic rings. The average Bonchev–Trinajstić information content (AvgIpc) is 2.95. The fraction of sp³-hybridized carbons (Fsp3) is 0.0769. The Morgan fingerprint density at radius 2 is 2.10 bits per heavy atom. The summed E-state index contributed by atoms with van der Waals surface area (Å²) in [7, 11) is 0. The summed E-state index contributed by atoms with van der Waals surface area (Å²) in [5.74, 6) is 0.944. The molecule has 0 radical (unpaired) electrons. The highest BCUT2D eigenvalue weighted by Gasteiger charge is 2.07. The predicted molar refractivity (Wildman–Crippen MR) is 83.5 cm³/mol. The summed E-state index contributed by atoms with van der Waals surface area (Å²) in [6.07, 6.45) is 4.98. The molecule has 2 heterocycles. The number of halogens is 1. The topological polar surface area (TPSA) is 94.5 Å². The lowest BCUT2D eigenvalue weighted by Crippen LogP contribution is -2.08. The molecular formula is C13H12BrN7. The highest BCUT2D eigenvalue weighted by molar-refractivity contribution is 9.10. The van der Waals surface area contributed by atoms with Gasteiger partial charge in [-0.15, -0.1) is 0 Å². The number of imidazole rings is 1. The van der Waals surface area contributed by atoms with Gasteiger partial charge in [0.25, 0.3) is 0 Å². The zero-order chi connectivity index (χ0) is 14.8. The maximum atomic E-state index is 5.74. The Bertz CT molecular complexity index is 770. The van der Waals surface area contributed by atoms with Crippen LogP contribution >= 0.6 is 15.9 Å². The zero-order valence-electron chi connectivity index (χ0n) is 11.2. The van der Waals surface area contributed by atoms with Crippen molar-refractivity contribution in [3.63, 3.8) is 0 Å². The third-order valence-electron chi connectivity index (χ3n) is 2.81. The van der Waals surface area contributed by atoms with Gasteiger partial charge in [0.2, 0.25) is 17.8 Å². The summed E-state index contributed by atoms with van der Waals surface area (Å²) < 4.78 is 2.68. The molecule has 0 saturated carbocycles. The minimum absolute atomic E-state index is 0.144. The standard InChI is InChI=1S/C13H12BrN7/c1-8-6-9(14)2-3-10(8)17-12-18-11(15)19-13(20-12)21-5-4-16-7-21/h2-7H,1H3,(H3,15,17,18,19,20). The van der Waals surface area contributed by atoms with Crippen LogP contribution < -0.4 is 11.1 Å². The molecule has 2 aromatic heterocycles. The minimum atomic E-state index is 0.144. The highest BCUT2D eigenvalue weighted by atomic mass is 79.9. The molecule has 0 amide bonds. The van der Waals surface area contributed by atoms with E-state index in [-0.39, 0.29) is 5.95 Å². The molecule has 106 valence electrons. The average molecular weight is 346 g/mol. The van der Waals surface area contributed by atoms with E-state index in [1.807, 2.05) is 25.1 Å². The van der Waals surface area contributed by atoms with Gasteiger partial charge in [-0.25, -0.2) is 4.98 Å². The molecular weight excluding hydrogens is 334 g/mol. The van der Waals surface area contributed by atoms with Crippen LogP contribution in [0.2, 0.25) is 0 Å². The predicted octanol–water partition coefficient (Wildman–Crippen LogP) is 2.45. The number of nitrogen functional groups attached to an aromatic ring is 1. The van der Waals surface area contributed by atoms with Crippen LogP contribution in [0.4, 0.5) is 17.6 Å². The van der Waals surface area contributed by atoms with Crippen molar-refractivity contribution in [3.05, 3.63) is 47.0 Å². The molecule has 0 saturated heterocycles. The molecule has 3 N–H and O–H groups in total. The fourth-order valence-electron chi connectivity index (χ4n) is 1.82. The molecule has 0 atom stereocenters. The molecule has 0 bridgehead atoms. The molecule has 0 aliphatic heterocycles. The Labute approximate surface area is 129 Å². The van der Waals surface area contributed by atoms with Gasteiger partial charge in [-0.1, -0.05) is 15.9 Å². The van der Waals surface area contributed by atoms with Crippen molar-refractivity contribution in [1.82, 2.24) is 24.5 Å². The number of hydrogen-bond donors (Lipinski definition) is 2. The van der Waals surface area contributed by atoms with Crippen LogP contribution in [0, 0.1) is 6.92 Å². The number of nitrogens with zero attached hydrogens (tertiary/aromatic N) is 5. The monoisotopic (exact) mass is 345 g/mol. The zero-order valence-corrected chi connectivity index (χ0v) is 12.7. The Balaban J connectivity index is 1.95. The van der Waals surface area contributed by atoms with Crippen LogP contribution in [-0.2, 0) is 0 Å². The lowest BCUT2D eigenvalue weighted by Gasteiger charge is -2.10.